The number of hydrogen-bond acceptors (Lipinski definition) is 53. The second kappa shape index (κ2) is 46.1. The van der Waals surface area contributed by atoms with Crippen LogP contribution in [0.3, 0.4) is 0 Å². The molecule has 0 bridgehead atoms. The Labute approximate surface area is 729 Å². The van der Waals surface area contributed by atoms with Crippen LogP contribution in [-0.2, 0) is 114 Å². The molecule has 10 rings (SSSR count). The van der Waals surface area contributed by atoms with Gasteiger partial charge in [-0.2, -0.15) is 0 Å². The van der Waals surface area contributed by atoms with E-state index in [1.807, 2.05) is 0 Å². The molecule has 746 valence electrons. The van der Waals surface area contributed by atoms with Gasteiger partial charge in [0, 0.05) is 34.1 Å². The highest BCUT2D eigenvalue weighted by molar-refractivity contribution is 5.76. The lowest BCUT2D eigenvalue weighted by Gasteiger charge is -2.51. The Balaban J connectivity index is 0.974. The maximum Gasteiger partial charge on any atom is 0.364 e. The van der Waals surface area contributed by atoms with Gasteiger partial charge in [0.05, 0.1) is 78.2 Å². The molecule has 0 aliphatic carbocycles. The van der Waals surface area contributed by atoms with Gasteiger partial charge in [-0.25, -0.2) is 4.79 Å². The lowest BCUT2D eigenvalue weighted by molar-refractivity contribution is -0.401. The predicted octanol–water partition coefficient (Wildman–Crippen LogP) is -23.1. The van der Waals surface area contributed by atoms with Gasteiger partial charge in [-0.05, 0) is 0 Å². The number of rotatable bonds is 35. The van der Waals surface area contributed by atoms with Crippen LogP contribution in [0.15, 0.2) is 0 Å². The summed E-state index contributed by atoms with van der Waals surface area (Å²) in [6.45, 7) is -8.06. The van der Waals surface area contributed by atoms with Gasteiger partial charge in [0.1, 0.15) is 238 Å². The first kappa shape index (κ1) is 106. The third-order valence-corrected chi connectivity index (χ3v) is 23.5. The molecule has 10 heterocycles. The van der Waals surface area contributed by atoms with E-state index in [9.17, 15) is 172 Å². The number of aliphatic hydroxyl groups is 28. The van der Waals surface area contributed by atoms with Gasteiger partial charge < -0.3 is 265 Å². The first-order valence-corrected chi connectivity index (χ1v) is 40.9. The van der Waals surface area contributed by atoms with Crippen molar-refractivity contribution in [2.45, 2.75) is 346 Å². The number of hydrogen-bond donors (Lipinski definition) is 34. The summed E-state index contributed by atoms with van der Waals surface area (Å²) < 4.78 is 113. The Kier molecular flexibility index (Phi) is 38.0. The SMILES string of the molecule is CC(=O)N[C@@H]1[C@@H](O)[C@H](O[C@@H]2O[C@H](CO)[C@@H](O[C@@H]3O[C@H](CO[C@H]4O[C@H](CO)[C@@H](O)[C@H](O)[C@@H]4O[C@@H]4O[C@H](CO)[C@@H](O[C@@H]5O[C@H](CO)[C@H](O)[C@H](O)[C@H]5O)[C@H](O)[C@H]4NC(C)=O)[C@@H](O)[C@H](O[C@H]4O[C@H](CO)[C@@H](O)[C@H](O)[C@@H]4O[C@@H]4O[C@H](CO)[C@@H](O[C@@H]5O[C@H](CO)[C@H](O)[C@H](O[C@]6(C(=O)O)C[C@H](O)[C@@H](N)[C@H]([C@H](O)[C@H](O)CO)O6)[C@H]5O)[C@H](O)[C@H]4NC(C)=O)[C@@H]3O)[C@H](O)[C@H]2NC(C)=O)[C@@H](CO)O[C@H]1O. The first-order chi connectivity index (χ1) is 60.9. The zero-order valence-corrected chi connectivity index (χ0v) is 69.0. The van der Waals surface area contributed by atoms with E-state index < -0.39 is 414 Å². The number of carbonyl (C=O) groups excluding carboxylic acids is 4. The van der Waals surface area contributed by atoms with Gasteiger partial charge >= 0.3 is 5.97 Å². The fourth-order valence-electron chi connectivity index (χ4n) is 16.7. The fourth-order valence-corrected chi connectivity index (χ4v) is 16.7. The largest absolute Gasteiger partial charge is 0.477 e. The summed E-state index contributed by atoms with van der Waals surface area (Å²) in [6.07, 6.45) is -99.4. The maximum atomic E-state index is 13.3. The lowest BCUT2D eigenvalue weighted by Crippen LogP contribution is -2.71. The fraction of sp³-hybridized carbons (Fsp3) is 0.930. The van der Waals surface area contributed by atoms with Crippen LogP contribution in [0.5, 0.6) is 0 Å². The standard InChI is InChI=1S/C71H119N5O53/c1-16(86)73-32-42(98)52(26(11-82)112-61(32)108)121-62-33(74-17(2)87)43(99)54(28(13-84)117-62)123-66-50(106)57(41(97)30(120-66)15-111-68-59(47(103)38(94)23(8-79)115-68)126-63-34(75-18(3)88)44(100)53(27(12-83)118-63)122-65-49(105)46(102)37(93)22(7-78)113-65)125-69-60(48(104)39(95)24(9-80)116-69)127-64-35(76-19(4)89)45(101)55(29(14-85)119-64)124-67-51(107)58(40(96)25(10-81)114-67)129-71(70(109)110)5-20(90)31(72)56(128-71)36(92)21(91)6-77/h20-69,77-85,90-108H,5-15,72H2,1-4H3,(H,73,86)(H,74,87)(H,75,88)(H,76,89)(H,109,110)/t20-,21+,22+,23+,24+,25+,26+,27+,28+,29+,30+,31+,32+,33+,34+,35+,36+,37-,38+,39+,40-,41+,42+,43+,44+,45+,46-,47-,48-,49+,50-,51+,52+,53+,54+,55+,56+,57-,58-,59-,60-,61+,62-,63-,64-,65-,66-,67-,68-,69+,71-/m0/s1. The molecular weight excluding hydrogens is 1770 g/mol. The van der Waals surface area contributed by atoms with Gasteiger partial charge in [0.15, 0.2) is 56.6 Å². The summed E-state index contributed by atoms with van der Waals surface area (Å²) in [5.41, 5.74) is 6.00. The molecule has 0 unspecified atom stereocenters. The third kappa shape index (κ3) is 23.3. The average molecular weight is 1890 g/mol. The zero-order chi connectivity index (χ0) is 95.3. The first-order valence-electron chi connectivity index (χ1n) is 40.9. The van der Waals surface area contributed by atoms with Crippen molar-refractivity contribution in [2.75, 3.05) is 66.1 Å². The maximum absolute atomic E-state index is 13.3. The Bertz CT molecular complexity index is 3550. The van der Waals surface area contributed by atoms with Crippen LogP contribution < -0.4 is 27.0 Å². The minimum absolute atomic E-state index is 0.813. The van der Waals surface area contributed by atoms with Crippen molar-refractivity contribution in [3.63, 3.8) is 0 Å². The van der Waals surface area contributed by atoms with Crippen LogP contribution in [-0.4, -0.2) is 556 Å². The number of carboxylic acid groups (broad SMARTS) is 1. The smallest absolute Gasteiger partial charge is 0.364 e. The summed E-state index contributed by atoms with van der Waals surface area (Å²) in [6, 6.07) is -9.45. The monoisotopic (exact) mass is 1890 g/mol. The number of carboxylic acids is 1. The Morgan fingerprint density at radius 1 is 0.341 bits per heavy atom. The molecule has 0 aromatic heterocycles. The number of ether oxygens (including phenoxy) is 19. The highest BCUT2D eigenvalue weighted by atomic mass is 16.8. The molecule has 10 fully saturated rings. The molecule has 10 aliphatic rings. The second-order valence-corrected chi connectivity index (χ2v) is 32.5. The molecule has 10 saturated heterocycles. The van der Waals surface area contributed by atoms with Crippen LogP contribution in [0, 0.1) is 0 Å². The molecule has 58 nitrogen and oxygen atoms in total. The summed E-state index contributed by atoms with van der Waals surface area (Å²) in [5.74, 6) is -9.19. The summed E-state index contributed by atoms with van der Waals surface area (Å²) in [4.78, 5) is 64.6. The van der Waals surface area contributed by atoms with E-state index in [0.717, 1.165) is 27.7 Å². The van der Waals surface area contributed by atoms with E-state index in [2.05, 4.69) is 21.3 Å². The molecule has 0 aromatic rings. The van der Waals surface area contributed by atoms with E-state index in [1.165, 1.54) is 0 Å². The number of carbonyl (C=O) groups is 5. The van der Waals surface area contributed by atoms with Gasteiger partial charge in [0.25, 0.3) is 5.79 Å². The number of nitrogens with one attached hydrogen (secondary N) is 4. The van der Waals surface area contributed by atoms with Gasteiger partial charge in [-0.1, -0.05) is 0 Å². The van der Waals surface area contributed by atoms with E-state index in [1.54, 1.807) is 0 Å². The van der Waals surface area contributed by atoms with Crippen molar-refractivity contribution in [3.8, 4) is 0 Å². The quantitative estimate of drug-likeness (QED) is 0.0280. The lowest BCUT2D eigenvalue weighted by atomic mass is 9.88. The van der Waals surface area contributed by atoms with Gasteiger partial charge in [0.2, 0.25) is 23.6 Å². The average Bonchev–Trinajstić information content (AvgIpc) is 0.742. The van der Waals surface area contributed by atoms with Crippen molar-refractivity contribution in [1.82, 2.24) is 21.3 Å². The van der Waals surface area contributed by atoms with E-state index >= 15 is 0 Å². The molecule has 4 amide bonds. The third-order valence-electron chi connectivity index (χ3n) is 23.5. The number of amides is 4. The van der Waals surface area contributed by atoms with Crippen LogP contribution in [0.25, 0.3) is 0 Å². The molecule has 10 aliphatic heterocycles. The van der Waals surface area contributed by atoms with E-state index in [-0.39, 0.29) is 0 Å². The molecule has 35 N–H and O–H groups in total. The number of aliphatic hydroxyl groups excluding tert-OH is 28. The molecule has 129 heavy (non-hydrogen) atoms. The minimum atomic E-state index is -3.25. The number of aliphatic carboxylic acids is 1. The molecule has 0 aromatic carbocycles. The summed E-state index contributed by atoms with van der Waals surface area (Å²) in [5, 5.41) is 333. The molecule has 51 atom stereocenters. The Hall–Kier alpha value is -4.57. The zero-order valence-electron chi connectivity index (χ0n) is 69.0. The number of nitrogens with two attached hydrogens (primary N) is 1. The molecule has 0 saturated carbocycles. The van der Waals surface area contributed by atoms with Crippen molar-refractivity contribution in [1.29, 1.82) is 0 Å². The molecule has 0 spiro atoms. The van der Waals surface area contributed by atoms with Crippen molar-refractivity contribution in [3.05, 3.63) is 0 Å². The normalized spacial score (nSPS) is 48.1. The second-order valence-electron chi connectivity index (χ2n) is 32.5. The van der Waals surface area contributed by atoms with E-state index in [0.29, 0.717) is 0 Å². The highest BCUT2D eigenvalue weighted by Gasteiger charge is 2.64. The van der Waals surface area contributed by atoms with Crippen LogP contribution in [0.2, 0.25) is 0 Å². The van der Waals surface area contributed by atoms with Crippen molar-refractivity contribution in [2.24, 2.45) is 5.73 Å². The molecule has 58 heteroatoms. The minimum Gasteiger partial charge on any atom is -0.477 e. The topological polar surface area (TPSA) is 922 Å². The van der Waals surface area contributed by atoms with Crippen LogP contribution in [0.4, 0.5) is 0 Å². The summed E-state index contributed by atoms with van der Waals surface area (Å²) >= 11 is 0. The highest BCUT2D eigenvalue weighted by Crippen LogP contribution is 2.43. The van der Waals surface area contributed by atoms with E-state index in [4.69, 9.17) is 95.7 Å². The van der Waals surface area contributed by atoms with Crippen LogP contribution in [0.1, 0.15) is 34.1 Å². The van der Waals surface area contributed by atoms with Crippen LogP contribution >= 0.6 is 0 Å². The predicted molar refractivity (Wildman–Crippen MR) is 395 cm³/mol. The van der Waals surface area contributed by atoms with Crippen molar-refractivity contribution < 1.29 is 262 Å². The molecular formula is C71H119N5O53. The van der Waals surface area contributed by atoms with Gasteiger partial charge in [-0.3, -0.25) is 19.2 Å². The van der Waals surface area contributed by atoms with Gasteiger partial charge in [-0.15, -0.1) is 0 Å². The summed E-state index contributed by atoms with van der Waals surface area (Å²) in [7, 11) is 0. The van der Waals surface area contributed by atoms with Crippen molar-refractivity contribution >= 4 is 29.6 Å². The Morgan fingerprint density at radius 3 is 1.05 bits per heavy atom. The Morgan fingerprint density at radius 2 is 0.651 bits per heavy atom. The molecule has 0 radical (unpaired) electrons.